The average molecular weight is 147 g/mol. The van der Waals surface area contributed by atoms with Gasteiger partial charge in [-0.25, -0.2) is 0 Å². The second-order valence-corrected chi connectivity index (χ2v) is 3.57. The van der Waals surface area contributed by atoms with Crippen LogP contribution in [-0.2, 0) is 0 Å². The predicted molar refractivity (Wildman–Crippen MR) is 45.9 cm³/mol. The summed E-state index contributed by atoms with van der Waals surface area (Å²) in [5.74, 6) is 0. The first kappa shape index (κ1) is 9.31. The second-order valence-electron chi connectivity index (χ2n) is 2.30. The molecule has 0 heterocycles. The number of thioether (sulfide) groups is 1. The van der Waals surface area contributed by atoms with Crippen LogP contribution in [0.5, 0.6) is 0 Å². The normalized spacial score (nSPS) is 12.0. The first-order valence-corrected chi connectivity index (χ1v) is 4.72. The Hall–Kier alpha value is 0.310. The van der Waals surface area contributed by atoms with Crippen molar-refractivity contribution in [2.45, 2.75) is 31.4 Å². The molecule has 2 heteroatoms. The summed E-state index contributed by atoms with van der Waals surface area (Å²) in [4.78, 5) is 0. The maximum Gasteiger partial charge on any atom is 0.0274 e. The lowest BCUT2D eigenvalue weighted by Crippen LogP contribution is -2.32. The van der Waals surface area contributed by atoms with Gasteiger partial charge in [0.1, 0.15) is 0 Å². The molecule has 0 spiro atoms. The van der Waals surface area contributed by atoms with E-state index in [1.165, 1.54) is 12.8 Å². The van der Waals surface area contributed by atoms with E-state index < -0.39 is 0 Å². The van der Waals surface area contributed by atoms with Crippen LogP contribution in [0.4, 0.5) is 0 Å². The van der Waals surface area contributed by atoms with Crippen LogP contribution in [0.3, 0.4) is 0 Å². The minimum atomic E-state index is 0.361. The SMILES string of the molecule is CCC(CC)(CN)SC. The minimum absolute atomic E-state index is 0.361. The molecule has 0 aromatic heterocycles. The summed E-state index contributed by atoms with van der Waals surface area (Å²) in [6.45, 7) is 5.21. The quantitative estimate of drug-likeness (QED) is 0.657. The van der Waals surface area contributed by atoms with Crippen LogP contribution in [0.1, 0.15) is 26.7 Å². The molecule has 2 N–H and O–H groups in total. The molecule has 1 nitrogen and oxygen atoms in total. The highest BCUT2D eigenvalue weighted by molar-refractivity contribution is 8.00. The molecular weight excluding hydrogens is 130 g/mol. The number of hydrogen-bond acceptors (Lipinski definition) is 2. The monoisotopic (exact) mass is 147 g/mol. The summed E-state index contributed by atoms with van der Waals surface area (Å²) < 4.78 is 0.361. The highest BCUT2D eigenvalue weighted by Gasteiger charge is 2.21. The lowest BCUT2D eigenvalue weighted by atomic mass is 10.0. The van der Waals surface area contributed by atoms with E-state index in [1.807, 2.05) is 11.8 Å². The van der Waals surface area contributed by atoms with Crippen molar-refractivity contribution in [2.24, 2.45) is 5.73 Å². The van der Waals surface area contributed by atoms with Gasteiger partial charge in [-0.15, -0.1) is 0 Å². The highest BCUT2D eigenvalue weighted by atomic mass is 32.2. The maximum atomic E-state index is 5.62. The molecule has 0 saturated carbocycles. The van der Waals surface area contributed by atoms with Crippen LogP contribution < -0.4 is 5.73 Å². The summed E-state index contributed by atoms with van der Waals surface area (Å²) in [6, 6.07) is 0. The van der Waals surface area contributed by atoms with Crippen molar-refractivity contribution < 1.29 is 0 Å². The van der Waals surface area contributed by atoms with Gasteiger partial charge in [0.05, 0.1) is 0 Å². The molecule has 0 atom stereocenters. The second kappa shape index (κ2) is 4.18. The van der Waals surface area contributed by atoms with Crippen LogP contribution in [0.2, 0.25) is 0 Å². The van der Waals surface area contributed by atoms with Gasteiger partial charge in [-0.2, -0.15) is 11.8 Å². The minimum Gasteiger partial charge on any atom is -0.329 e. The van der Waals surface area contributed by atoms with E-state index in [-0.39, 0.29) is 0 Å². The third kappa shape index (κ3) is 2.18. The molecule has 0 aliphatic rings. The van der Waals surface area contributed by atoms with Gasteiger partial charge in [0.2, 0.25) is 0 Å². The zero-order valence-corrected chi connectivity index (χ0v) is 7.42. The summed E-state index contributed by atoms with van der Waals surface area (Å²) in [5.41, 5.74) is 5.62. The van der Waals surface area contributed by atoms with Crippen molar-refractivity contribution in [2.75, 3.05) is 12.8 Å². The average Bonchev–Trinajstić information content (AvgIpc) is 1.95. The van der Waals surface area contributed by atoms with Gasteiger partial charge in [-0.3, -0.25) is 0 Å². The van der Waals surface area contributed by atoms with Crippen molar-refractivity contribution in [3.63, 3.8) is 0 Å². The van der Waals surface area contributed by atoms with Crippen LogP contribution in [0, 0.1) is 0 Å². The van der Waals surface area contributed by atoms with Crippen molar-refractivity contribution in [3.05, 3.63) is 0 Å². The zero-order valence-electron chi connectivity index (χ0n) is 6.61. The van der Waals surface area contributed by atoms with Gasteiger partial charge in [-0.1, -0.05) is 13.8 Å². The molecule has 0 rings (SSSR count). The molecule has 0 radical (unpaired) electrons. The largest absolute Gasteiger partial charge is 0.329 e. The summed E-state index contributed by atoms with van der Waals surface area (Å²) in [5, 5.41) is 0. The Balaban J connectivity index is 3.82. The van der Waals surface area contributed by atoms with Gasteiger partial charge in [0, 0.05) is 11.3 Å². The molecule has 0 bridgehead atoms. The van der Waals surface area contributed by atoms with Gasteiger partial charge >= 0.3 is 0 Å². The zero-order chi connectivity index (χ0) is 7.33. The summed E-state index contributed by atoms with van der Waals surface area (Å²) in [6.07, 6.45) is 4.50. The highest BCUT2D eigenvalue weighted by Crippen LogP contribution is 2.28. The van der Waals surface area contributed by atoms with Crippen LogP contribution in [0.25, 0.3) is 0 Å². The van der Waals surface area contributed by atoms with Crippen molar-refractivity contribution in [1.29, 1.82) is 0 Å². The van der Waals surface area contributed by atoms with E-state index in [0.717, 1.165) is 6.54 Å². The van der Waals surface area contributed by atoms with Crippen LogP contribution in [-0.4, -0.2) is 17.5 Å². The Morgan fingerprint density at radius 3 is 1.78 bits per heavy atom. The molecule has 9 heavy (non-hydrogen) atoms. The molecule has 56 valence electrons. The Labute approximate surface area is 62.4 Å². The maximum absolute atomic E-state index is 5.62. The number of rotatable bonds is 4. The molecule has 0 aliphatic heterocycles. The van der Waals surface area contributed by atoms with E-state index in [4.69, 9.17) is 5.73 Å². The molecule has 0 amide bonds. The standard InChI is InChI=1S/C7H17NS/c1-4-7(5-2,6-8)9-3/h4-6,8H2,1-3H3. The summed E-state index contributed by atoms with van der Waals surface area (Å²) >= 11 is 1.89. The smallest absolute Gasteiger partial charge is 0.0274 e. The van der Waals surface area contributed by atoms with Gasteiger partial charge in [0.15, 0.2) is 0 Å². The van der Waals surface area contributed by atoms with Crippen molar-refractivity contribution in [3.8, 4) is 0 Å². The Morgan fingerprint density at radius 1 is 1.33 bits per heavy atom. The molecule has 0 fully saturated rings. The third-order valence-electron chi connectivity index (χ3n) is 2.09. The predicted octanol–water partition coefficient (Wildman–Crippen LogP) is 1.87. The first-order valence-electron chi connectivity index (χ1n) is 3.50. The lowest BCUT2D eigenvalue weighted by molar-refractivity contribution is 0.560. The van der Waals surface area contributed by atoms with Crippen LogP contribution >= 0.6 is 11.8 Å². The third-order valence-corrected chi connectivity index (χ3v) is 3.70. The Kier molecular flexibility index (Phi) is 4.32. The molecule has 0 aliphatic carbocycles. The fourth-order valence-electron chi connectivity index (χ4n) is 0.911. The molecular formula is C7H17NS. The Bertz CT molecular complexity index is 51.8. The number of nitrogens with two attached hydrogens (primary N) is 1. The van der Waals surface area contributed by atoms with E-state index in [9.17, 15) is 0 Å². The molecule has 0 aromatic carbocycles. The van der Waals surface area contributed by atoms with Crippen LogP contribution in [0.15, 0.2) is 0 Å². The van der Waals surface area contributed by atoms with E-state index in [0.29, 0.717) is 4.75 Å². The van der Waals surface area contributed by atoms with E-state index in [2.05, 4.69) is 20.1 Å². The lowest BCUT2D eigenvalue weighted by Gasteiger charge is -2.27. The molecule has 0 saturated heterocycles. The summed E-state index contributed by atoms with van der Waals surface area (Å²) in [7, 11) is 0. The van der Waals surface area contributed by atoms with Gasteiger partial charge < -0.3 is 5.73 Å². The van der Waals surface area contributed by atoms with Crippen molar-refractivity contribution in [1.82, 2.24) is 0 Å². The van der Waals surface area contributed by atoms with E-state index in [1.54, 1.807) is 0 Å². The Morgan fingerprint density at radius 2 is 1.78 bits per heavy atom. The fourth-order valence-corrected chi connectivity index (χ4v) is 1.65. The number of hydrogen-bond donors (Lipinski definition) is 1. The van der Waals surface area contributed by atoms with E-state index >= 15 is 0 Å². The topological polar surface area (TPSA) is 26.0 Å². The van der Waals surface area contributed by atoms with Gasteiger partial charge in [0.25, 0.3) is 0 Å². The van der Waals surface area contributed by atoms with Crippen molar-refractivity contribution >= 4 is 11.8 Å². The fraction of sp³-hybridized carbons (Fsp3) is 1.00. The molecule has 0 unspecified atom stereocenters. The molecule has 0 aromatic rings. The first-order chi connectivity index (χ1) is 4.24. The van der Waals surface area contributed by atoms with Gasteiger partial charge in [-0.05, 0) is 19.1 Å².